The van der Waals surface area contributed by atoms with E-state index in [2.05, 4.69) is 6.58 Å². The summed E-state index contributed by atoms with van der Waals surface area (Å²) in [6.07, 6.45) is 1.10. The quantitative estimate of drug-likeness (QED) is 0.411. The van der Waals surface area contributed by atoms with Gasteiger partial charge >= 0.3 is 17.9 Å². The molecule has 0 saturated heterocycles. The molecule has 7 nitrogen and oxygen atoms in total. The van der Waals surface area contributed by atoms with Crippen molar-refractivity contribution >= 4 is 17.9 Å². The zero-order chi connectivity index (χ0) is 19.6. The fraction of sp³-hybridized carbons (Fsp3) is 0.150. The third kappa shape index (κ3) is 6.66. The van der Waals surface area contributed by atoms with Crippen molar-refractivity contribution in [2.24, 2.45) is 0 Å². The van der Waals surface area contributed by atoms with Crippen molar-refractivity contribution in [3.05, 3.63) is 66.7 Å². The number of carbonyl (C=O) groups excluding carboxylic acids is 2. The molecule has 140 valence electrons. The lowest BCUT2D eigenvalue weighted by atomic mass is 10.2. The van der Waals surface area contributed by atoms with Crippen LogP contribution in [0.5, 0.6) is 17.2 Å². The van der Waals surface area contributed by atoms with Crippen molar-refractivity contribution in [3.63, 3.8) is 0 Å². The fourth-order valence-corrected chi connectivity index (χ4v) is 1.98. The number of carboxylic acids is 1. The van der Waals surface area contributed by atoms with Gasteiger partial charge in [0.15, 0.2) is 0 Å². The van der Waals surface area contributed by atoms with Crippen LogP contribution in [0.3, 0.4) is 0 Å². The van der Waals surface area contributed by atoms with Crippen LogP contribution in [0.2, 0.25) is 0 Å². The number of carbonyl (C=O) groups is 3. The molecule has 0 spiro atoms. The van der Waals surface area contributed by atoms with Gasteiger partial charge in [0.25, 0.3) is 0 Å². The molecule has 2 rings (SSSR count). The van der Waals surface area contributed by atoms with Crippen LogP contribution in [0.4, 0.5) is 0 Å². The van der Waals surface area contributed by atoms with Crippen molar-refractivity contribution in [2.75, 3.05) is 6.61 Å². The van der Waals surface area contributed by atoms with Gasteiger partial charge in [-0.25, -0.2) is 4.79 Å². The molecule has 0 saturated carbocycles. The highest BCUT2D eigenvalue weighted by atomic mass is 16.5. The van der Waals surface area contributed by atoms with E-state index in [1.54, 1.807) is 30.3 Å². The van der Waals surface area contributed by atoms with Gasteiger partial charge in [0.1, 0.15) is 23.9 Å². The van der Waals surface area contributed by atoms with Gasteiger partial charge in [0, 0.05) is 0 Å². The first-order valence-corrected chi connectivity index (χ1v) is 8.06. The van der Waals surface area contributed by atoms with E-state index >= 15 is 0 Å². The van der Waals surface area contributed by atoms with Crippen LogP contribution >= 0.6 is 0 Å². The van der Waals surface area contributed by atoms with Gasteiger partial charge in [-0.1, -0.05) is 12.7 Å². The molecule has 0 aliphatic rings. The average Bonchev–Trinajstić information content (AvgIpc) is 2.66. The highest BCUT2D eigenvalue weighted by molar-refractivity contribution is 5.91. The van der Waals surface area contributed by atoms with Crippen molar-refractivity contribution in [3.8, 4) is 17.2 Å². The Morgan fingerprint density at radius 3 is 1.96 bits per heavy atom. The summed E-state index contributed by atoms with van der Waals surface area (Å²) in [5.74, 6) is -1.15. The Balaban J connectivity index is 1.89. The summed E-state index contributed by atoms with van der Waals surface area (Å²) in [6.45, 7) is 3.93. The van der Waals surface area contributed by atoms with Crippen LogP contribution in [0.25, 0.3) is 0 Å². The number of benzene rings is 2. The predicted octanol–water partition coefficient (Wildman–Crippen LogP) is 3.24. The van der Waals surface area contributed by atoms with E-state index in [1.165, 1.54) is 24.3 Å². The minimum atomic E-state index is -1.07. The van der Waals surface area contributed by atoms with Crippen molar-refractivity contribution in [1.29, 1.82) is 0 Å². The van der Waals surface area contributed by atoms with Crippen molar-refractivity contribution in [2.45, 2.75) is 12.8 Å². The van der Waals surface area contributed by atoms with Gasteiger partial charge in [-0.2, -0.15) is 0 Å². The van der Waals surface area contributed by atoms with Gasteiger partial charge in [0.2, 0.25) is 0 Å². The summed E-state index contributed by atoms with van der Waals surface area (Å²) in [6, 6.07) is 12.3. The maximum atomic E-state index is 12.1. The van der Waals surface area contributed by atoms with Gasteiger partial charge in [-0.3, -0.25) is 9.59 Å². The lowest BCUT2D eigenvalue weighted by Crippen LogP contribution is -2.10. The Labute approximate surface area is 155 Å². The van der Waals surface area contributed by atoms with Crippen LogP contribution in [0.1, 0.15) is 23.2 Å². The summed E-state index contributed by atoms with van der Waals surface area (Å²) in [5, 5.41) is 8.53. The van der Waals surface area contributed by atoms with Crippen LogP contribution in [0, 0.1) is 0 Å². The summed E-state index contributed by atoms with van der Waals surface area (Å²) >= 11 is 0. The Kier molecular flexibility index (Phi) is 7.13. The zero-order valence-corrected chi connectivity index (χ0v) is 14.4. The highest BCUT2D eigenvalue weighted by Gasteiger charge is 2.11. The molecule has 0 unspecified atom stereocenters. The first-order valence-electron chi connectivity index (χ1n) is 8.06. The molecule has 0 heterocycles. The van der Waals surface area contributed by atoms with Gasteiger partial charge < -0.3 is 19.3 Å². The second-order valence-corrected chi connectivity index (χ2v) is 5.35. The Hall–Kier alpha value is -3.61. The van der Waals surface area contributed by atoms with Gasteiger partial charge in [-0.05, 0) is 48.5 Å². The average molecular weight is 370 g/mol. The second kappa shape index (κ2) is 9.76. The number of hydrogen-bond donors (Lipinski definition) is 1. The SMILES string of the molecule is C=CCOc1ccc(C(=O)Oc2ccc(OC(=O)CCC(=O)O)cc2)cc1. The number of rotatable bonds is 9. The number of aliphatic carboxylic acids is 1. The van der Waals surface area contributed by atoms with E-state index in [0.29, 0.717) is 17.9 Å². The van der Waals surface area contributed by atoms with E-state index in [-0.39, 0.29) is 24.3 Å². The molecular weight excluding hydrogens is 352 g/mol. The topological polar surface area (TPSA) is 99.1 Å². The number of esters is 2. The molecule has 0 amide bonds. The second-order valence-electron chi connectivity index (χ2n) is 5.35. The molecule has 1 N–H and O–H groups in total. The van der Waals surface area contributed by atoms with E-state index in [0.717, 1.165) is 0 Å². The van der Waals surface area contributed by atoms with Crippen LogP contribution in [0.15, 0.2) is 61.2 Å². The lowest BCUT2D eigenvalue weighted by Gasteiger charge is -2.07. The molecule has 0 aromatic heterocycles. The van der Waals surface area contributed by atoms with Crippen LogP contribution in [-0.4, -0.2) is 29.6 Å². The molecule has 2 aromatic rings. The maximum absolute atomic E-state index is 12.1. The van der Waals surface area contributed by atoms with Gasteiger partial charge in [0.05, 0.1) is 18.4 Å². The van der Waals surface area contributed by atoms with E-state index < -0.39 is 17.9 Å². The van der Waals surface area contributed by atoms with Crippen molar-refractivity contribution < 1.29 is 33.7 Å². The molecule has 0 aliphatic heterocycles. The van der Waals surface area contributed by atoms with E-state index in [9.17, 15) is 14.4 Å². The summed E-state index contributed by atoms with van der Waals surface area (Å²) in [7, 11) is 0. The zero-order valence-electron chi connectivity index (χ0n) is 14.4. The fourth-order valence-electron chi connectivity index (χ4n) is 1.98. The first-order chi connectivity index (χ1) is 13.0. The Bertz CT molecular complexity index is 807. The van der Waals surface area contributed by atoms with Gasteiger partial charge in [-0.15, -0.1) is 0 Å². The van der Waals surface area contributed by atoms with Crippen molar-refractivity contribution in [1.82, 2.24) is 0 Å². The molecule has 27 heavy (non-hydrogen) atoms. The Morgan fingerprint density at radius 1 is 0.852 bits per heavy atom. The molecule has 0 aliphatic carbocycles. The van der Waals surface area contributed by atoms with E-state index in [4.69, 9.17) is 19.3 Å². The molecule has 0 atom stereocenters. The largest absolute Gasteiger partial charge is 0.490 e. The monoisotopic (exact) mass is 370 g/mol. The van der Waals surface area contributed by atoms with E-state index in [1.807, 2.05) is 0 Å². The normalized spacial score (nSPS) is 9.93. The number of hydrogen-bond acceptors (Lipinski definition) is 6. The third-order valence-corrected chi connectivity index (χ3v) is 3.27. The molecule has 7 heteroatoms. The molecule has 2 aromatic carbocycles. The highest BCUT2D eigenvalue weighted by Crippen LogP contribution is 2.20. The van der Waals surface area contributed by atoms with Crippen LogP contribution < -0.4 is 14.2 Å². The number of ether oxygens (including phenoxy) is 3. The molecule has 0 fully saturated rings. The molecule has 0 radical (unpaired) electrons. The first kappa shape index (κ1) is 19.7. The Morgan fingerprint density at radius 2 is 1.41 bits per heavy atom. The summed E-state index contributed by atoms with van der Waals surface area (Å²) in [4.78, 5) is 34.0. The smallest absolute Gasteiger partial charge is 0.343 e. The maximum Gasteiger partial charge on any atom is 0.343 e. The lowest BCUT2D eigenvalue weighted by molar-refractivity contribution is -0.142. The van der Waals surface area contributed by atoms with Crippen LogP contribution in [-0.2, 0) is 9.59 Å². The standard InChI is InChI=1S/C20H18O7/c1-2-13-25-15-5-3-14(4-6-15)20(24)27-17-9-7-16(8-10-17)26-19(23)12-11-18(21)22/h2-10H,1,11-13H2,(H,21,22). The third-order valence-electron chi connectivity index (χ3n) is 3.27. The number of carboxylic acid groups (broad SMARTS) is 1. The minimum absolute atomic E-state index is 0.224. The molecular formula is C20H18O7. The summed E-state index contributed by atoms with van der Waals surface area (Å²) < 4.78 is 15.6. The summed E-state index contributed by atoms with van der Waals surface area (Å²) in [5.41, 5.74) is 0.352. The minimum Gasteiger partial charge on any atom is -0.490 e. The predicted molar refractivity (Wildman–Crippen MR) is 96.0 cm³/mol. The molecule has 0 bridgehead atoms.